The number of hydrogen-bond acceptors (Lipinski definition) is 6. The summed E-state index contributed by atoms with van der Waals surface area (Å²) in [6.07, 6.45) is 0.664. The molecule has 1 saturated heterocycles. The summed E-state index contributed by atoms with van der Waals surface area (Å²) in [6.45, 7) is 2.47. The molecule has 1 aromatic heterocycles. The monoisotopic (exact) mass is 321 g/mol. The van der Waals surface area contributed by atoms with E-state index in [9.17, 15) is 8.42 Å². The van der Waals surface area contributed by atoms with Crippen LogP contribution >= 0.6 is 0 Å². The summed E-state index contributed by atoms with van der Waals surface area (Å²) >= 11 is 0. The molecule has 1 aliphatic rings. The lowest BCUT2D eigenvalue weighted by Gasteiger charge is -2.20. The fourth-order valence-electron chi connectivity index (χ4n) is 2.68. The summed E-state index contributed by atoms with van der Waals surface area (Å²) in [5.74, 6) is 1.47. The Morgan fingerprint density at radius 2 is 2.18 bits per heavy atom. The van der Waals surface area contributed by atoms with Crippen molar-refractivity contribution in [2.75, 3.05) is 18.6 Å². The van der Waals surface area contributed by atoms with E-state index < -0.39 is 9.84 Å². The largest absolute Gasteiger partial charge is 0.419 e. The van der Waals surface area contributed by atoms with Crippen molar-refractivity contribution in [2.45, 2.75) is 25.9 Å². The molecule has 1 aliphatic heterocycles. The Morgan fingerprint density at radius 3 is 2.86 bits per heavy atom. The topological polar surface area (TPSA) is 76.3 Å². The van der Waals surface area contributed by atoms with Crippen LogP contribution in [0.15, 0.2) is 28.7 Å². The first-order valence-corrected chi connectivity index (χ1v) is 9.05. The van der Waals surface area contributed by atoms with Crippen molar-refractivity contribution in [1.82, 2.24) is 15.1 Å². The average molecular weight is 321 g/mol. The molecule has 0 radical (unpaired) electrons. The van der Waals surface area contributed by atoms with Gasteiger partial charge in [0, 0.05) is 11.6 Å². The number of hydrogen-bond donors (Lipinski definition) is 0. The molecule has 0 N–H and O–H groups in total. The zero-order chi connectivity index (χ0) is 15.7. The summed E-state index contributed by atoms with van der Waals surface area (Å²) in [5.41, 5.74) is 2.02. The van der Waals surface area contributed by atoms with Gasteiger partial charge in [0.1, 0.15) is 0 Å². The number of nitrogens with zero attached hydrogens (tertiary/aromatic N) is 3. The quantitative estimate of drug-likeness (QED) is 0.852. The third-order valence-electron chi connectivity index (χ3n) is 3.95. The average Bonchev–Trinajstić information content (AvgIpc) is 3.05. The van der Waals surface area contributed by atoms with E-state index in [2.05, 4.69) is 10.2 Å². The van der Waals surface area contributed by atoms with Crippen LogP contribution in [-0.2, 0) is 16.4 Å². The van der Waals surface area contributed by atoms with E-state index >= 15 is 0 Å². The maximum Gasteiger partial charge on any atom is 0.247 e. The van der Waals surface area contributed by atoms with Crippen LogP contribution in [0.25, 0.3) is 11.5 Å². The summed E-state index contributed by atoms with van der Waals surface area (Å²) in [4.78, 5) is 1.97. The third-order valence-corrected chi connectivity index (χ3v) is 5.70. The molecule has 1 atom stereocenters. The van der Waals surface area contributed by atoms with Gasteiger partial charge in [-0.1, -0.05) is 17.7 Å². The Balaban J connectivity index is 1.69. The van der Waals surface area contributed by atoms with Gasteiger partial charge in [-0.3, -0.25) is 4.90 Å². The molecular formula is C15H19N3O3S. The van der Waals surface area contributed by atoms with Crippen LogP contribution in [0, 0.1) is 6.92 Å². The van der Waals surface area contributed by atoms with Gasteiger partial charge in [0.15, 0.2) is 9.84 Å². The number of benzene rings is 1. The van der Waals surface area contributed by atoms with Crippen LogP contribution in [0.3, 0.4) is 0 Å². The highest BCUT2D eigenvalue weighted by molar-refractivity contribution is 7.91. The molecular weight excluding hydrogens is 302 g/mol. The first kappa shape index (κ1) is 15.2. The minimum Gasteiger partial charge on any atom is -0.419 e. The van der Waals surface area contributed by atoms with Gasteiger partial charge >= 0.3 is 0 Å². The number of aromatic nitrogens is 2. The van der Waals surface area contributed by atoms with E-state index in [1.54, 1.807) is 0 Å². The van der Waals surface area contributed by atoms with Gasteiger partial charge in [-0.2, -0.15) is 0 Å². The number of rotatable bonds is 4. The predicted molar refractivity (Wildman–Crippen MR) is 83.0 cm³/mol. The van der Waals surface area contributed by atoms with Crippen molar-refractivity contribution in [2.24, 2.45) is 0 Å². The molecule has 0 amide bonds. The van der Waals surface area contributed by atoms with E-state index in [-0.39, 0.29) is 17.5 Å². The first-order chi connectivity index (χ1) is 10.4. The zero-order valence-electron chi connectivity index (χ0n) is 12.7. The maximum absolute atomic E-state index is 11.5. The summed E-state index contributed by atoms with van der Waals surface area (Å²) < 4.78 is 28.8. The normalized spacial score (nSPS) is 20.6. The van der Waals surface area contributed by atoms with Crippen molar-refractivity contribution in [3.8, 4) is 11.5 Å². The minimum absolute atomic E-state index is 0.0271. The molecule has 1 aromatic carbocycles. The Hall–Kier alpha value is -1.73. The van der Waals surface area contributed by atoms with Gasteiger partial charge in [0.2, 0.25) is 11.8 Å². The van der Waals surface area contributed by atoms with Crippen LogP contribution in [0.1, 0.15) is 17.9 Å². The van der Waals surface area contributed by atoms with Crippen LogP contribution in [0.4, 0.5) is 0 Å². The lowest BCUT2D eigenvalue weighted by molar-refractivity contribution is 0.230. The molecule has 0 aliphatic carbocycles. The Kier molecular flexibility index (Phi) is 4.01. The van der Waals surface area contributed by atoms with Gasteiger partial charge < -0.3 is 4.42 Å². The first-order valence-electron chi connectivity index (χ1n) is 7.23. The van der Waals surface area contributed by atoms with Crippen molar-refractivity contribution < 1.29 is 12.8 Å². The van der Waals surface area contributed by atoms with Crippen LogP contribution < -0.4 is 0 Å². The second-order valence-electron chi connectivity index (χ2n) is 5.84. The molecule has 1 fully saturated rings. The predicted octanol–water partition coefficient (Wildman–Crippen LogP) is 1.66. The van der Waals surface area contributed by atoms with Crippen molar-refractivity contribution in [3.05, 3.63) is 35.7 Å². The highest BCUT2D eigenvalue weighted by Crippen LogP contribution is 2.21. The summed E-state index contributed by atoms with van der Waals surface area (Å²) in [7, 11) is -0.993. The van der Waals surface area contributed by atoms with Gasteiger partial charge in [-0.05, 0) is 32.5 Å². The highest BCUT2D eigenvalue weighted by atomic mass is 32.2. The molecule has 22 heavy (non-hydrogen) atoms. The molecule has 118 valence electrons. The van der Waals surface area contributed by atoms with Crippen LogP contribution in [0.5, 0.6) is 0 Å². The summed E-state index contributed by atoms with van der Waals surface area (Å²) in [5, 5.41) is 8.14. The molecule has 0 saturated carbocycles. The minimum atomic E-state index is -2.88. The smallest absolute Gasteiger partial charge is 0.247 e. The molecule has 2 heterocycles. The van der Waals surface area contributed by atoms with E-state index in [1.165, 1.54) is 0 Å². The summed E-state index contributed by atoms with van der Waals surface area (Å²) in [6, 6.07) is 7.90. The van der Waals surface area contributed by atoms with Gasteiger partial charge in [0.05, 0.1) is 18.1 Å². The SMILES string of the molecule is Cc1cccc(-c2nnc(CN(C)C3CCS(=O)(=O)C3)o2)c1. The van der Waals surface area contributed by atoms with E-state index in [0.29, 0.717) is 24.7 Å². The Labute approximate surface area is 130 Å². The van der Waals surface area contributed by atoms with Crippen molar-refractivity contribution >= 4 is 9.84 Å². The van der Waals surface area contributed by atoms with Crippen LogP contribution in [0.2, 0.25) is 0 Å². The molecule has 6 nitrogen and oxygen atoms in total. The van der Waals surface area contributed by atoms with E-state index in [0.717, 1.165) is 11.1 Å². The molecule has 1 unspecified atom stereocenters. The third kappa shape index (κ3) is 3.36. The second-order valence-corrected chi connectivity index (χ2v) is 8.07. The van der Waals surface area contributed by atoms with Crippen molar-refractivity contribution in [3.63, 3.8) is 0 Å². The lowest BCUT2D eigenvalue weighted by Crippen LogP contribution is -2.32. The standard InChI is InChI=1S/C15H19N3O3S/c1-11-4-3-5-12(8-11)15-17-16-14(21-15)9-18(2)13-6-7-22(19,20)10-13/h3-5,8,13H,6-7,9-10H2,1-2H3. The highest BCUT2D eigenvalue weighted by Gasteiger charge is 2.31. The number of sulfone groups is 1. The van der Waals surface area contributed by atoms with Crippen LogP contribution in [-0.4, -0.2) is 48.1 Å². The van der Waals surface area contributed by atoms with Crippen molar-refractivity contribution in [1.29, 1.82) is 0 Å². The lowest BCUT2D eigenvalue weighted by atomic mass is 10.1. The Bertz CT molecular complexity index is 770. The fraction of sp³-hybridized carbons (Fsp3) is 0.467. The molecule has 0 spiro atoms. The Morgan fingerprint density at radius 1 is 1.36 bits per heavy atom. The fourth-order valence-corrected chi connectivity index (χ4v) is 4.48. The van der Waals surface area contributed by atoms with Gasteiger partial charge in [0.25, 0.3) is 0 Å². The molecule has 7 heteroatoms. The maximum atomic E-state index is 11.5. The zero-order valence-corrected chi connectivity index (χ0v) is 13.5. The second kappa shape index (κ2) is 5.81. The molecule has 2 aromatic rings. The molecule has 3 rings (SSSR count). The van der Waals surface area contributed by atoms with Gasteiger partial charge in [-0.15, -0.1) is 10.2 Å². The van der Waals surface area contributed by atoms with E-state index in [4.69, 9.17) is 4.42 Å². The molecule has 0 bridgehead atoms. The number of aryl methyl sites for hydroxylation is 1. The van der Waals surface area contributed by atoms with E-state index in [1.807, 2.05) is 43.1 Å². The van der Waals surface area contributed by atoms with Gasteiger partial charge in [-0.25, -0.2) is 8.42 Å².